The minimum absolute atomic E-state index is 0.0116. The smallest absolute Gasteiger partial charge is 0.292 e. The van der Waals surface area contributed by atoms with E-state index in [1.807, 2.05) is 0 Å². The summed E-state index contributed by atoms with van der Waals surface area (Å²) in [4.78, 5) is 10.0. The highest BCUT2D eigenvalue weighted by molar-refractivity contribution is 7.89. The van der Waals surface area contributed by atoms with Crippen molar-refractivity contribution in [3.63, 3.8) is 0 Å². The number of nitro benzene ring substituents is 1. The summed E-state index contributed by atoms with van der Waals surface area (Å²) in [6, 6.07) is 3.49. The predicted molar refractivity (Wildman–Crippen MR) is 74.7 cm³/mol. The maximum atomic E-state index is 12.3. The largest absolute Gasteiger partial charge is 0.393 e. The van der Waals surface area contributed by atoms with Crippen LogP contribution in [0.25, 0.3) is 0 Å². The molecule has 0 aliphatic heterocycles. The fourth-order valence-electron chi connectivity index (χ4n) is 2.18. The molecule has 1 saturated carbocycles. The van der Waals surface area contributed by atoms with Gasteiger partial charge < -0.3 is 5.73 Å². The fourth-order valence-corrected chi connectivity index (χ4v) is 3.46. The summed E-state index contributed by atoms with van der Waals surface area (Å²) in [6.07, 6.45) is 3.23. The van der Waals surface area contributed by atoms with E-state index in [-0.39, 0.29) is 16.3 Å². The van der Waals surface area contributed by atoms with Crippen LogP contribution >= 0.6 is 0 Å². The molecule has 2 rings (SSSR count). The number of hydrogen-bond donors (Lipinski definition) is 1. The molecule has 0 aromatic heterocycles. The van der Waals surface area contributed by atoms with Crippen molar-refractivity contribution in [2.45, 2.75) is 24.2 Å². The average molecular weight is 299 g/mol. The highest BCUT2D eigenvalue weighted by atomic mass is 32.2. The summed E-state index contributed by atoms with van der Waals surface area (Å²) >= 11 is 0. The number of anilines is 1. The van der Waals surface area contributed by atoms with E-state index in [9.17, 15) is 18.5 Å². The molecular formula is C12H17N3O4S. The highest BCUT2D eigenvalue weighted by Gasteiger charge is 2.27. The van der Waals surface area contributed by atoms with E-state index in [1.165, 1.54) is 17.4 Å². The van der Waals surface area contributed by atoms with Crippen LogP contribution in [0.4, 0.5) is 11.4 Å². The third-order valence-electron chi connectivity index (χ3n) is 3.64. The molecule has 2 N–H and O–H groups in total. The van der Waals surface area contributed by atoms with Crippen LogP contribution in [0, 0.1) is 16.0 Å². The fraction of sp³-hybridized carbons (Fsp3) is 0.500. The van der Waals surface area contributed by atoms with Gasteiger partial charge >= 0.3 is 0 Å². The monoisotopic (exact) mass is 299 g/mol. The van der Waals surface area contributed by atoms with Gasteiger partial charge in [0, 0.05) is 19.7 Å². The van der Waals surface area contributed by atoms with Crippen LogP contribution in [-0.4, -0.2) is 31.2 Å². The van der Waals surface area contributed by atoms with Gasteiger partial charge in [0.05, 0.1) is 9.82 Å². The Morgan fingerprint density at radius 3 is 2.55 bits per heavy atom. The number of rotatable bonds is 5. The molecule has 7 nitrogen and oxygen atoms in total. The van der Waals surface area contributed by atoms with E-state index in [2.05, 4.69) is 0 Å². The molecule has 1 aliphatic rings. The molecule has 110 valence electrons. The van der Waals surface area contributed by atoms with Crippen molar-refractivity contribution in [1.82, 2.24) is 4.31 Å². The van der Waals surface area contributed by atoms with Gasteiger partial charge in [-0.15, -0.1) is 0 Å². The number of nitro groups is 1. The van der Waals surface area contributed by atoms with E-state index >= 15 is 0 Å². The minimum Gasteiger partial charge on any atom is -0.393 e. The first-order chi connectivity index (χ1) is 9.32. The Labute approximate surface area is 117 Å². The molecule has 0 unspecified atom stereocenters. The van der Waals surface area contributed by atoms with Gasteiger partial charge in [0.2, 0.25) is 10.0 Å². The number of benzene rings is 1. The summed E-state index contributed by atoms with van der Waals surface area (Å²) in [5.41, 5.74) is 5.10. The lowest BCUT2D eigenvalue weighted by Crippen LogP contribution is -2.34. The summed E-state index contributed by atoms with van der Waals surface area (Å²) in [5, 5.41) is 10.7. The summed E-state index contributed by atoms with van der Waals surface area (Å²) in [7, 11) is -2.13. The number of sulfonamides is 1. The van der Waals surface area contributed by atoms with Crippen molar-refractivity contribution < 1.29 is 13.3 Å². The molecule has 20 heavy (non-hydrogen) atoms. The first kappa shape index (κ1) is 14.7. The van der Waals surface area contributed by atoms with Crippen molar-refractivity contribution in [2.24, 2.45) is 5.92 Å². The molecule has 1 aromatic carbocycles. The third-order valence-corrected chi connectivity index (χ3v) is 5.46. The van der Waals surface area contributed by atoms with Crippen LogP contribution in [-0.2, 0) is 10.0 Å². The SMILES string of the molecule is CN(CC1CCC1)S(=O)(=O)c1ccc([N+](=O)[O-])c(N)c1. The molecule has 1 fully saturated rings. The van der Waals surface area contributed by atoms with Gasteiger partial charge in [-0.25, -0.2) is 12.7 Å². The van der Waals surface area contributed by atoms with E-state index in [1.54, 1.807) is 0 Å². The van der Waals surface area contributed by atoms with Gasteiger partial charge in [-0.2, -0.15) is 0 Å². The molecule has 0 saturated heterocycles. The van der Waals surface area contributed by atoms with Gasteiger partial charge in [-0.1, -0.05) is 6.42 Å². The number of hydrogen-bond acceptors (Lipinski definition) is 5. The van der Waals surface area contributed by atoms with Crippen molar-refractivity contribution in [1.29, 1.82) is 0 Å². The molecule has 0 heterocycles. The van der Waals surface area contributed by atoms with E-state index in [4.69, 9.17) is 5.73 Å². The molecule has 1 aromatic rings. The minimum atomic E-state index is -3.64. The highest BCUT2D eigenvalue weighted by Crippen LogP contribution is 2.30. The Balaban J connectivity index is 2.24. The second kappa shape index (κ2) is 5.37. The Bertz CT molecular complexity index is 626. The molecule has 0 spiro atoms. The lowest BCUT2D eigenvalue weighted by Gasteiger charge is -2.29. The lowest BCUT2D eigenvalue weighted by atomic mass is 9.86. The van der Waals surface area contributed by atoms with Crippen molar-refractivity contribution in [3.8, 4) is 0 Å². The van der Waals surface area contributed by atoms with Gasteiger partial charge in [0.25, 0.3) is 5.69 Å². The summed E-state index contributed by atoms with van der Waals surface area (Å²) in [6.45, 7) is 0.471. The second-order valence-corrected chi connectivity index (χ2v) is 7.11. The predicted octanol–water partition coefficient (Wildman–Crippen LogP) is 1.60. The zero-order valence-corrected chi connectivity index (χ0v) is 12.0. The van der Waals surface area contributed by atoms with Crippen molar-refractivity contribution in [3.05, 3.63) is 28.3 Å². The Morgan fingerprint density at radius 2 is 2.10 bits per heavy atom. The first-order valence-corrected chi connectivity index (χ1v) is 7.76. The second-order valence-electron chi connectivity index (χ2n) is 5.06. The Morgan fingerprint density at radius 1 is 1.45 bits per heavy atom. The molecule has 8 heteroatoms. The maximum absolute atomic E-state index is 12.3. The average Bonchev–Trinajstić information content (AvgIpc) is 2.32. The standard InChI is InChI=1S/C12H17N3O4S/c1-14(8-9-3-2-4-9)20(18,19)10-5-6-12(15(16)17)11(13)7-10/h5-7,9H,2-4,8,13H2,1H3. The molecule has 0 radical (unpaired) electrons. The van der Waals surface area contributed by atoms with Crippen LogP contribution in [0.1, 0.15) is 19.3 Å². The number of nitrogens with zero attached hydrogens (tertiary/aromatic N) is 2. The zero-order chi connectivity index (χ0) is 14.9. The molecule has 0 atom stereocenters. The van der Waals surface area contributed by atoms with Gasteiger partial charge in [-0.05, 0) is 30.9 Å². The van der Waals surface area contributed by atoms with Crippen LogP contribution in [0.5, 0.6) is 0 Å². The topological polar surface area (TPSA) is 107 Å². The van der Waals surface area contributed by atoms with Crippen molar-refractivity contribution >= 4 is 21.4 Å². The Kier molecular flexibility index (Phi) is 3.96. The number of nitrogens with two attached hydrogens (primary N) is 1. The summed E-state index contributed by atoms with van der Waals surface area (Å²) in [5.74, 6) is 0.408. The Hall–Kier alpha value is -1.67. The van der Waals surface area contributed by atoms with Gasteiger partial charge in [0.15, 0.2) is 0 Å². The normalized spacial score (nSPS) is 16.1. The maximum Gasteiger partial charge on any atom is 0.292 e. The third kappa shape index (κ3) is 2.75. The van der Waals surface area contributed by atoms with Crippen LogP contribution < -0.4 is 5.73 Å². The van der Waals surface area contributed by atoms with Crippen LogP contribution in [0.15, 0.2) is 23.1 Å². The van der Waals surface area contributed by atoms with E-state index < -0.39 is 14.9 Å². The molecule has 0 bridgehead atoms. The molecule has 0 amide bonds. The first-order valence-electron chi connectivity index (χ1n) is 6.32. The van der Waals surface area contributed by atoms with Gasteiger partial charge in [0.1, 0.15) is 5.69 Å². The van der Waals surface area contributed by atoms with Gasteiger partial charge in [-0.3, -0.25) is 10.1 Å². The zero-order valence-electron chi connectivity index (χ0n) is 11.2. The van der Waals surface area contributed by atoms with E-state index in [0.717, 1.165) is 31.4 Å². The van der Waals surface area contributed by atoms with Crippen LogP contribution in [0.2, 0.25) is 0 Å². The molecular weight excluding hydrogens is 282 g/mol. The lowest BCUT2D eigenvalue weighted by molar-refractivity contribution is -0.383. The molecule has 1 aliphatic carbocycles. The summed E-state index contributed by atoms with van der Waals surface area (Å²) < 4.78 is 26.0. The van der Waals surface area contributed by atoms with Crippen LogP contribution in [0.3, 0.4) is 0 Å². The van der Waals surface area contributed by atoms with E-state index in [0.29, 0.717) is 12.5 Å². The van der Waals surface area contributed by atoms with Crippen molar-refractivity contribution in [2.75, 3.05) is 19.3 Å². The quantitative estimate of drug-likeness (QED) is 0.505. The number of nitrogen functional groups attached to an aromatic ring is 1.